The number of thiocarbonyl (C=S) groups is 1. The van der Waals surface area contributed by atoms with E-state index in [1.54, 1.807) is 16.2 Å². The van der Waals surface area contributed by atoms with Gasteiger partial charge in [0.05, 0.1) is 20.8 Å². The van der Waals surface area contributed by atoms with E-state index < -0.39 is 0 Å². The third-order valence-electron chi connectivity index (χ3n) is 5.40. The van der Waals surface area contributed by atoms with Crippen LogP contribution in [0.4, 0.5) is 0 Å². The number of nitrogens with zero attached hydrogens (tertiary/aromatic N) is 4. The second-order valence-electron chi connectivity index (χ2n) is 7.51. The minimum Gasteiger partial charge on any atom is -0.290 e. The van der Waals surface area contributed by atoms with Crippen molar-refractivity contribution in [1.29, 1.82) is 0 Å². The maximum atomic E-state index is 13.1. The van der Waals surface area contributed by atoms with Crippen LogP contribution >= 0.6 is 35.3 Å². The van der Waals surface area contributed by atoms with Crippen LogP contribution in [-0.2, 0) is 4.79 Å². The Morgan fingerprint density at radius 2 is 1.88 bits per heavy atom. The van der Waals surface area contributed by atoms with Crippen LogP contribution in [0.1, 0.15) is 25.8 Å². The van der Waals surface area contributed by atoms with Crippen molar-refractivity contribution in [1.82, 2.24) is 19.7 Å². The normalized spacial score (nSPS) is 16.4. The van der Waals surface area contributed by atoms with E-state index in [0.29, 0.717) is 9.23 Å². The molecule has 160 valence electrons. The van der Waals surface area contributed by atoms with Gasteiger partial charge in [-0.3, -0.25) is 9.69 Å². The summed E-state index contributed by atoms with van der Waals surface area (Å²) in [5, 5.41) is 5.68. The molecule has 2 aromatic heterocycles. The third-order valence-corrected chi connectivity index (χ3v) is 7.77. The quantitative estimate of drug-likeness (QED) is 0.255. The Balaban J connectivity index is 1.62. The predicted octanol–water partition coefficient (Wildman–Crippen LogP) is 6.15. The molecular weight excluding hydrogens is 456 g/mol. The van der Waals surface area contributed by atoms with Gasteiger partial charge in [0, 0.05) is 17.8 Å². The molecule has 4 aromatic rings. The molecule has 0 radical (unpaired) electrons. The van der Waals surface area contributed by atoms with Gasteiger partial charge in [-0.2, -0.15) is 5.10 Å². The Kier molecular flexibility index (Phi) is 5.67. The number of amides is 1. The van der Waals surface area contributed by atoms with E-state index in [4.69, 9.17) is 22.3 Å². The topological polar surface area (TPSA) is 51.0 Å². The van der Waals surface area contributed by atoms with Gasteiger partial charge in [-0.15, -0.1) is 11.3 Å². The van der Waals surface area contributed by atoms with Gasteiger partial charge in [0.1, 0.15) is 15.0 Å². The number of carbonyl (C=O) groups excluding carboxylic acids is 1. The maximum absolute atomic E-state index is 13.1. The Hall–Kier alpha value is -2.81. The van der Waals surface area contributed by atoms with Crippen molar-refractivity contribution in [3.63, 3.8) is 0 Å². The van der Waals surface area contributed by atoms with Crippen molar-refractivity contribution in [2.75, 3.05) is 0 Å². The number of rotatable bonds is 5. The molecule has 8 heteroatoms. The van der Waals surface area contributed by atoms with Crippen molar-refractivity contribution in [3.8, 4) is 16.4 Å². The van der Waals surface area contributed by atoms with Crippen molar-refractivity contribution in [3.05, 3.63) is 71.3 Å². The van der Waals surface area contributed by atoms with Gasteiger partial charge in [0.15, 0.2) is 0 Å². The second-order valence-corrected chi connectivity index (χ2v) is 10.2. The minimum atomic E-state index is -0.0444. The zero-order valence-electron chi connectivity index (χ0n) is 17.6. The molecule has 1 aliphatic heterocycles. The van der Waals surface area contributed by atoms with Gasteiger partial charge in [0.25, 0.3) is 5.91 Å². The molecule has 1 atom stereocenters. The van der Waals surface area contributed by atoms with E-state index in [1.807, 2.05) is 72.4 Å². The predicted molar refractivity (Wildman–Crippen MR) is 137 cm³/mol. The van der Waals surface area contributed by atoms with Gasteiger partial charge in [-0.1, -0.05) is 61.2 Å². The Labute approximate surface area is 199 Å². The molecule has 0 unspecified atom stereocenters. The number of para-hydroxylation sites is 2. The van der Waals surface area contributed by atoms with Crippen LogP contribution in [0, 0.1) is 0 Å². The van der Waals surface area contributed by atoms with Gasteiger partial charge in [0.2, 0.25) is 0 Å². The number of thioether (sulfide) groups is 1. The van der Waals surface area contributed by atoms with Crippen molar-refractivity contribution < 1.29 is 4.79 Å². The summed E-state index contributed by atoms with van der Waals surface area (Å²) in [6.07, 6.45) is 4.70. The lowest BCUT2D eigenvalue weighted by atomic mass is 10.2. The molecule has 1 fully saturated rings. The Morgan fingerprint density at radius 1 is 1.12 bits per heavy atom. The van der Waals surface area contributed by atoms with Gasteiger partial charge in [-0.05, 0) is 43.7 Å². The summed E-state index contributed by atoms with van der Waals surface area (Å²) in [6.45, 7) is 4.08. The molecule has 0 spiro atoms. The Morgan fingerprint density at radius 3 is 2.62 bits per heavy atom. The number of fused-ring (bicyclic) bond motifs is 1. The molecule has 1 saturated heterocycles. The molecule has 5 rings (SSSR count). The number of carbonyl (C=O) groups is 1. The molecule has 2 aromatic carbocycles. The summed E-state index contributed by atoms with van der Waals surface area (Å²) >= 11 is 8.45. The smallest absolute Gasteiger partial charge is 0.266 e. The van der Waals surface area contributed by atoms with E-state index in [2.05, 4.69) is 13.0 Å². The fourth-order valence-electron chi connectivity index (χ4n) is 3.53. The second kappa shape index (κ2) is 8.61. The molecule has 3 heterocycles. The number of benzene rings is 2. The van der Waals surface area contributed by atoms with E-state index in [0.717, 1.165) is 38.6 Å². The molecule has 0 aliphatic carbocycles. The lowest BCUT2D eigenvalue weighted by molar-refractivity contribution is -0.123. The van der Waals surface area contributed by atoms with Crippen molar-refractivity contribution in [2.45, 2.75) is 26.3 Å². The zero-order chi connectivity index (χ0) is 22.2. The molecule has 1 aliphatic rings. The van der Waals surface area contributed by atoms with Crippen molar-refractivity contribution in [2.24, 2.45) is 0 Å². The summed E-state index contributed by atoms with van der Waals surface area (Å²) in [4.78, 5) is 20.2. The fourth-order valence-corrected chi connectivity index (χ4v) is 5.95. The highest BCUT2D eigenvalue weighted by Crippen LogP contribution is 2.37. The first-order chi connectivity index (χ1) is 15.5. The van der Waals surface area contributed by atoms with E-state index in [-0.39, 0.29) is 11.9 Å². The standard InChI is InChI=1S/C24H20N4OS3/c1-3-15(2)28-23(29)20(32-24(28)30)13-16-14-27(17-9-5-4-6-10-17)26-21(16)22-25-18-11-7-8-12-19(18)31-22/h4-15H,3H2,1-2H3/b20-13-/t15-/m1/s1. The highest BCUT2D eigenvalue weighted by Gasteiger charge is 2.35. The van der Waals surface area contributed by atoms with Crippen LogP contribution in [0.3, 0.4) is 0 Å². The first-order valence-electron chi connectivity index (χ1n) is 10.3. The number of hydrogen-bond acceptors (Lipinski definition) is 6. The van der Waals surface area contributed by atoms with Crippen LogP contribution in [0.5, 0.6) is 0 Å². The average Bonchev–Trinajstić information content (AvgIpc) is 3.49. The van der Waals surface area contributed by atoms with Gasteiger partial charge < -0.3 is 0 Å². The monoisotopic (exact) mass is 476 g/mol. The average molecular weight is 477 g/mol. The highest BCUT2D eigenvalue weighted by atomic mass is 32.2. The van der Waals surface area contributed by atoms with Crippen LogP contribution in [0.25, 0.3) is 32.7 Å². The molecule has 1 amide bonds. The molecule has 32 heavy (non-hydrogen) atoms. The van der Waals surface area contributed by atoms with E-state index in [1.165, 1.54) is 11.8 Å². The Bertz CT molecular complexity index is 1320. The lowest BCUT2D eigenvalue weighted by Crippen LogP contribution is -2.36. The molecule has 0 N–H and O–H groups in total. The van der Waals surface area contributed by atoms with Gasteiger partial charge in [-0.25, -0.2) is 9.67 Å². The highest BCUT2D eigenvalue weighted by molar-refractivity contribution is 8.26. The van der Waals surface area contributed by atoms with Crippen LogP contribution in [0.2, 0.25) is 0 Å². The summed E-state index contributed by atoms with van der Waals surface area (Å²) < 4.78 is 3.54. The molecule has 5 nitrogen and oxygen atoms in total. The largest absolute Gasteiger partial charge is 0.290 e. The number of hydrogen-bond donors (Lipinski definition) is 0. The third kappa shape index (κ3) is 3.79. The van der Waals surface area contributed by atoms with Gasteiger partial charge >= 0.3 is 0 Å². The molecular formula is C24H20N4OS3. The summed E-state index contributed by atoms with van der Waals surface area (Å²) in [7, 11) is 0. The van der Waals surface area contributed by atoms with Crippen LogP contribution in [0.15, 0.2) is 65.7 Å². The van der Waals surface area contributed by atoms with E-state index in [9.17, 15) is 4.79 Å². The van der Waals surface area contributed by atoms with E-state index >= 15 is 0 Å². The fraction of sp³-hybridized carbons (Fsp3) is 0.167. The number of thiazole rings is 1. The summed E-state index contributed by atoms with van der Waals surface area (Å²) in [6, 6.07) is 18.1. The van der Waals surface area contributed by atoms with Crippen molar-refractivity contribution >= 4 is 61.8 Å². The maximum Gasteiger partial charge on any atom is 0.266 e. The minimum absolute atomic E-state index is 0.0444. The van der Waals surface area contributed by atoms with Crippen LogP contribution < -0.4 is 0 Å². The lowest BCUT2D eigenvalue weighted by Gasteiger charge is -2.21. The van der Waals surface area contributed by atoms with Crippen LogP contribution in [-0.4, -0.2) is 35.9 Å². The zero-order valence-corrected chi connectivity index (χ0v) is 20.0. The summed E-state index contributed by atoms with van der Waals surface area (Å²) in [5.74, 6) is -0.0444. The molecule has 0 saturated carbocycles. The first-order valence-corrected chi connectivity index (χ1v) is 12.4. The SMILES string of the molecule is CC[C@@H](C)N1C(=O)/C(=C/c2cn(-c3ccccc3)nc2-c2nc3ccccc3s2)SC1=S. The first kappa shape index (κ1) is 21.1. The number of aromatic nitrogens is 3. The molecule has 0 bridgehead atoms. The summed E-state index contributed by atoms with van der Waals surface area (Å²) in [5.41, 5.74) is 3.49.